The van der Waals surface area contributed by atoms with Gasteiger partial charge in [-0.15, -0.1) is 0 Å². The molecule has 1 amide bonds. The van der Waals surface area contributed by atoms with Crippen LogP contribution < -0.4 is 4.74 Å². The SMILES string of the molecule is COc1cc(C)cc(C)c1CC(=O)N1CCN(S(=O)(=O)N(C)C)CC1. The van der Waals surface area contributed by atoms with Gasteiger partial charge in [0.1, 0.15) is 5.75 Å². The number of nitrogens with zero attached hydrogens (tertiary/aromatic N) is 3. The van der Waals surface area contributed by atoms with Gasteiger partial charge >= 0.3 is 0 Å². The van der Waals surface area contributed by atoms with Gasteiger partial charge in [0.05, 0.1) is 13.5 Å². The minimum absolute atomic E-state index is 0.00726. The van der Waals surface area contributed by atoms with Crippen LogP contribution in [0.25, 0.3) is 0 Å². The molecule has 140 valence electrons. The maximum atomic E-state index is 12.7. The highest BCUT2D eigenvalue weighted by Crippen LogP contribution is 2.25. The molecule has 0 aliphatic carbocycles. The van der Waals surface area contributed by atoms with Crippen LogP contribution in [0.4, 0.5) is 0 Å². The predicted molar refractivity (Wildman–Crippen MR) is 96.9 cm³/mol. The number of piperazine rings is 1. The van der Waals surface area contributed by atoms with Crippen molar-refractivity contribution >= 4 is 16.1 Å². The Labute approximate surface area is 150 Å². The summed E-state index contributed by atoms with van der Waals surface area (Å²) in [5, 5.41) is 0. The second kappa shape index (κ2) is 7.72. The van der Waals surface area contributed by atoms with E-state index in [0.717, 1.165) is 22.4 Å². The molecular weight excluding hydrogens is 342 g/mol. The van der Waals surface area contributed by atoms with E-state index in [1.54, 1.807) is 12.0 Å². The van der Waals surface area contributed by atoms with Gasteiger partial charge in [-0.05, 0) is 31.0 Å². The molecule has 0 atom stereocenters. The summed E-state index contributed by atoms with van der Waals surface area (Å²) in [6.45, 7) is 5.40. The van der Waals surface area contributed by atoms with Gasteiger partial charge in [0.15, 0.2) is 0 Å². The monoisotopic (exact) mass is 369 g/mol. The average Bonchev–Trinajstić information content (AvgIpc) is 2.56. The Morgan fingerprint density at radius 2 is 1.76 bits per heavy atom. The lowest BCUT2D eigenvalue weighted by molar-refractivity contribution is -0.131. The third kappa shape index (κ3) is 4.31. The van der Waals surface area contributed by atoms with Gasteiger partial charge in [-0.25, -0.2) is 0 Å². The molecule has 0 spiro atoms. The molecule has 1 aliphatic rings. The molecule has 1 fully saturated rings. The molecule has 0 saturated carbocycles. The maximum absolute atomic E-state index is 12.7. The molecule has 0 unspecified atom stereocenters. The zero-order chi connectivity index (χ0) is 18.8. The lowest BCUT2D eigenvalue weighted by atomic mass is 10.0. The zero-order valence-electron chi connectivity index (χ0n) is 15.6. The molecule has 25 heavy (non-hydrogen) atoms. The lowest BCUT2D eigenvalue weighted by Crippen LogP contribution is -2.53. The molecular formula is C17H27N3O4S. The highest BCUT2D eigenvalue weighted by Gasteiger charge is 2.30. The van der Waals surface area contributed by atoms with Gasteiger partial charge in [0, 0.05) is 45.8 Å². The van der Waals surface area contributed by atoms with Crippen molar-refractivity contribution in [2.75, 3.05) is 47.4 Å². The summed E-state index contributed by atoms with van der Waals surface area (Å²) < 4.78 is 32.3. The summed E-state index contributed by atoms with van der Waals surface area (Å²) in [5.41, 5.74) is 3.01. The molecule has 0 N–H and O–H groups in total. The first kappa shape index (κ1) is 19.7. The molecule has 1 heterocycles. The van der Waals surface area contributed by atoms with Crippen molar-refractivity contribution in [3.63, 3.8) is 0 Å². The van der Waals surface area contributed by atoms with Gasteiger partial charge in [-0.3, -0.25) is 4.79 Å². The van der Waals surface area contributed by atoms with Crippen LogP contribution in [0.2, 0.25) is 0 Å². The van der Waals surface area contributed by atoms with E-state index in [-0.39, 0.29) is 12.3 Å². The molecule has 0 radical (unpaired) electrons. The van der Waals surface area contributed by atoms with Gasteiger partial charge in [0.25, 0.3) is 10.2 Å². The van der Waals surface area contributed by atoms with E-state index in [0.29, 0.717) is 26.2 Å². The fourth-order valence-corrected chi connectivity index (χ4v) is 4.12. The van der Waals surface area contributed by atoms with Crippen LogP contribution in [0, 0.1) is 13.8 Å². The Bertz CT molecular complexity index is 739. The molecule has 7 nitrogen and oxygen atoms in total. The molecule has 1 aromatic carbocycles. The van der Waals surface area contributed by atoms with Gasteiger partial charge < -0.3 is 9.64 Å². The first-order valence-corrected chi connectivity index (χ1v) is 9.66. The molecule has 0 aromatic heterocycles. The normalized spacial score (nSPS) is 16.3. The summed E-state index contributed by atoms with van der Waals surface area (Å²) in [6.07, 6.45) is 0.260. The summed E-state index contributed by atoms with van der Waals surface area (Å²) in [7, 11) is 1.21. The highest BCUT2D eigenvalue weighted by molar-refractivity contribution is 7.86. The summed E-state index contributed by atoms with van der Waals surface area (Å²) in [4.78, 5) is 14.4. The van der Waals surface area contributed by atoms with Crippen molar-refractivity contribution in [1.82, 2.24) is 13.5 Å². The Kier molecular flexibility index (Phi) is 6.08. The number of hydrogen-bond donors (Lipinski definition) is 0. The highest BCUT2D eigenvalue weighted by atomic mass is 32.2. The van der Waals surface area contributed by atoms with Crippen LogP contribution in [-0.2, 0) is 21.4 Å². The minimum atomic E-state index is -3.42. The average molecular weight is 369 g/mol. The van der Waals surface area contributed by atoms with E-state index in [2.05, 4.69) is 0 Å². The Morgan fingerprint density at radius 1 is 1.16 bits per heavy atom. The molecule has 1 saturated heterocycles. The van der Waals surface area contributed by atoms with E-state index in [1.165, 1.54) is 22.7 Å². The third-order valence-corrected chi connectivity index (χ3v) is 6.44. The van der Waals surface area contributed by atoms with Crippen molar-refractivity contribution < 1.29 is 17.9 Å². The van der Waals surface area contributed by atoms with Crippen molar-refractivity contribution in [1.29, 1.82) is 0 Å². The maximum Gasteiger partial charge on any atom is 0.281 e. The fourth-order valence-electron chi connectivity index (χ4n) is 3.03. The molecule has 1 aliphatic heterocycles. The van der Waals surface area contributed by atoms with Crippen molar-refractivity contribution in [2.24, 2.45) is 0 Å². The molecule has 1 aromatic rings. The number of benzene rings is 1. The van der Waals surface area contributed by atoms with E-state index < -0.39 is 10.2 Å². The Hall–Kier alpha value is -1.64. The number of methoxy groups -OCH3 is 1. The second-order valence-electron chi connectivity index (χ2n) is 6.51. The summed E-state index contributed by atoms with van der Waals surface area (Å²) >= 11 is 0. The number of rotatable bonds is 5. The zero-order valence-corrected chi connectivity index (χ0v) is 16.4. The Morgan fingerprint density at radius 3 is 2.28 bits per heavy atom. The predicted octanol–water partition coefficient (Wildman–Crippen LogP) is 0.805. The van der Waals surface area contributed by atoms with Crippen molar-refractivity contribution in [3.05, 3.63) is 28.8 Å². The molecule has 2 rings (SSSR count). The van der Waals surface area contributed by atoms with Crippen LogP contribution in [0.5, 0.6) is 5.75 Å². The quantitative estimate of drug-likeness (QED) is 0.770. The summed E-state index contributed by atoms with van der Waals surface area (Å²) in [5.74, 6) is 0.715. The number of hydrogen-bond acceptors (Lipinski definition) is 4. The van der Waals surface area contributed by atoms with Crippen molar-refractivity contribution in [2.45, 2.75) is 20.3 Å². The van der Waals surface area contributed by atoms with Crippen LogP contribution in [0.1, 0.15) is 16.7 Å². The first-order valence-electron chi connectivity index (χ1n) is 8.26. The van der Waals surface area contributed by atoms with E-state index in [4.69, 9.17) is 4.74 Å². The van der Waals surface area contributed by atoms with Crippen LogP contribution in [0.15, 0.2) is 12.1 Å². The smallest absolute Gasteiger partial charge is 0.281 e. The molecule has 8 heteroatoms. The lowest BCUT2D eigenvalue weighted by Gasteiger charge is -2.35. The number of carbonyl (C=O) groups is 1. The number of aryl methyl sites for hydroxylation is 2. The standard InChI is InChI=1S/C17H27N3O4S/c1-13-10-14(2)15(16(11-13)24-5)12-17(21)19-6-8-20(9-7-19)25(22,23)18(3)4/h10-11H,6-9,12H2,1-5H3. The number of amides is 1. The second-order valence-corrected chi connectivity index (χ2v) is 8.65. The topological polar surface area (TPSA) is 70.2 Å². The van der Waals surface area contributed by atoms with Gasteiger partial charge in [0.2, 0.25) is 5.91 Å². The van der Waals surface area contributed by atoms with Crippen LogP contribution >= 0.6 is 0 Å². The third-order valence-electron chi connectivity index (χ3n) is 4.50. The largest absolute Gasteiger partial charge is 0.496 e. The fraction of sp³-hybridized carbons (Fsp3) is 0.588. The first-order chi connectivity index (χ1) is 11.7. The van der Waals surface area contributed by atoms with E-state index in [9.17, 15) is 13.2 Å². The van der Waals surface area contributed by atoms with Crippen molar-refractivity contribution in [3.8, 4) is 5.75 Å². The number of carbonyl (C=O) groups excluding carboxylic acids is 1. The van der Waals surface area contributed by atoms with E-state index >= 15 is 0 Å². The van der Waals surface area contributed by atoms with Crippen LogP contribution in [-0.4, -0.2) is 75.2 Å². The minimum Gasteiger partial charge on any atom is -0.496 e. The Balaban J connectivity index is 2.05. The van der Waals surface area contributed by atoms with Crippen LogP contribution in [0.3, 0.4) is 0 Å². The molecule has 0 bridgehead atoms. The van der Waals surface area contributed by atoms with E-state index in [1.807, 2.05) is 26.0 Å². The number of ether oxygens (including phenoxy) is 1. The summed E-state index contributed by atoms with van der Waals surface area (Å²) in [6, 6.07) is 3.96. The van der Waals surface area contributed by atoms with Gasteiger partial charge in [-0.1, -0.05) is 6.07 Å². The van der Waals surface area contributed by atoms with Gasteiger partial charge in [-0.2, -0.15) is 17.0 Å².